The summed E-state index contributed by atoms with van der Waals surface area (Å²) in [4.78, 5) is 34.5. The molecule has 0 N–H and O–H groups in total. The van der Waals surface area contributed by atoms with Crippen LogP contribution >= 0.6 is 11.3 Å². The first-order valence-electron chi connectivity index (χ1n) is 12.1. The van der Waals surface area contributed by atoms with Crippen LogP contribution < -0.4 is 0 Å². The summed E-state index contributed by atoms with van der Waals surface area (Å²) in [5, 5.41) is 1.16. The van der Waals surface area contributed by atoms with Crippen LogP contribution in [0.15, 0.2) is 54.6 Å². The average molecular weight is 464 g/mol. The van der Waals surface area contributed by atoms with E-state index in [9.17, 15) is 9.59 Å². The van der Waals surface area contributed by atoms with Crippen molar-refractivity contribution in [2.45, 2.75) is 57.9 Å². The highest BCUT2D eigenvalue weighted by molar-refractivity contribution is 7.18. The number of nitrogens with zero attached hydrogens (tertiary/aromatic N) is 3. The van der Waals surface area contributed by atoms with Crippen molar-refractivity contribution >= 4 is 33.4 Å². The molecule has 1 saturated heterocycles. The van der Waals surface area contributed by atoms with Gasteiger partial charge in [0.05, 0.1) is 15.2 Å². The fourth-order valence-corrected chi connectivity index (χ4v) is 5.63. The quantitative estimate of drug-likeness (QED) is 0.391. The molecule has 2 amide bonds. The summed E-state index contributed by atoms with van der Waals surface area (Å²) in [6.07, 6.45) is 6.07. The first-order valence-corrected chi connectivity index (χ1v) is 13.0. The van der Waals surface area contributed by atoms with E-state index in [1.807, 2.05) is 47.4 Å². The van der Waals surface area contributed by atoms with Crippen molar-refractivity contribution in [2.24, 2.45) is 0 Å². The Kier molecular flexibility index (Phi) is 8.10. The second-order valence-electron chi connectivity index (χ2n) is 8.76. The Morgan fingerprint density at radius 2 is 1.76 bits per heavy atom. The zero-order valence-corrected chi connectivity index (χ0v) is 20.2. The van der Waals surface area contributed by atoms with Crippen molar-refractivity contribution in [3.8, 4) is 0 Å². The molecule has 33 heavy (non-hydrogen) atoms. The molecule has 5 nitrogen and oxygen atoms in total. The summed E-state index contributed by atoms with van der Waals surface area (Å²) in [6, 6.07) is 17.9. The minimum atomic E-state index is 0.0947. The van der Waals surface area contributed by atoms with E-state index in [0.29, 0.717) is 19.5 Å². The number of thiazole rings is 1. The third-order valence-corrected chi connectivity index (χ3v) is 7.46. The zero-order chi connectivity index (χ0) is 23.0. The maximum atomic E-state index is 13.1. The van der Waals surface area contributed by atoms with Crippen molar-refractivity contribution in [3.63, 3.8) is 0 Å². The van der Waals surface area contributed by atoms with Crippen LogP contribution in [0.5, 0.6) is 0 Å². The van der Waals surface area contributed by atoms with Crippen LogP contribution in [0.3, 0.4) is 0 Å². The van der Waals surface area contributed by atoms with E-state index < -0.39 is 0 Å². The largest absolute Gasteiger partial charge is 0.340 e. The number of para-hydroxylation sites is 1. The molecular weight excluding hydrogens is 430 g/mol. The van der Waals surface area contributed by atoms with Gasteiger partial charge in [0.25, 0.3) is 5.91 Å². The molecule has 0 atom stereocenters. The lowest BCUT2D eigenvalue weighted by atomic mass is 10.0. The third-order valence-electron chi connectivity index (χ3n) is 6.37. The molecule has 0 spiro atoms. The van der Waals surface area contributed by atoms with Crippen LogP contribution in [0.25, 0.3) is 10.2 Å². The van der Waals surface area contributed by atoms with Crippen LogP contribution in [0.1, 0.15) is 60.8 Å². The number of rotatable bonds is 9. The van der Waals surface area contributed by atoms with E-state index >= 15 is 0 Å². The number of hydrogen-bond donors (Lipinski definition) is 0. The Bertz CT molecular complexity index is 1020. The van der Waals surface area contributed by atoms with Crippen LogP contribution in [0.2, 0.25) is 0 Å². The van der Waals surface area contributed by atoms with Crippen molar-refractivity contribution in [1.82, 2.24) is 14.8 Å². The first kappa shape index (κ1) is 23.4. The minimum Gasteiger partial charge on any atom is -0.340 e. The van der Waals surface area contributed by atoms with E-state index in [1.54, 1.807) is 11.3 Å². The summed E-state index contributed by atoms with van der Waals surface area (Å²) in [7, 11) is 0. The molecule has 0 unspecified atom stereocenters. The Hall–Kier alpha value is -2.73. The standard InChI is InChI=1S/C27H33N3O2S/c1-2-18-30(22-16-19-29(20-17-22)27(32)21-10-4-3-5-11-21)26(31)15-9-8-14-25-28-23-12-6-7-13-24(23)33-25/h3-7,10-13,22H,2,8-9,14-20H2,1H3. The predicted octanol–water partition coefficient (Wildman–Crippen LogP) is 5.55. The van der Waals surface area contributed by atoms with E-state index in [1.165, 1.54) is 4.70 Å². The van der Waals surface area contributed by atoms with Crippen molar-refractivity contribution in [3.05, 3.63) is 65.2 Å². The zero-order valence-electron chi connectivity index (χ0n) is 19.4. The van der Waals surface area contributed by atoms with Gasteiger partial charge in [0.1, 0.15) is 0 Å². The summed E-state index contributed by atoms with van der Waals surface area (Å²) in [5.41, 5.74) is 1.81. The molecule has 0 bridgehead atoms. The SMILES string of the molecule is CCCN(C(=O)CCCCc1nc2ccccc2s1)C1CCN(C(=O)c2ccccc2)CC1. The average Bonchev–Trinajstić information content (AvgIpc) is 3.28. The molecule has 0 aliphatic carbocycles. The predicted molar refractivity (Wildman–Crippen MR) is 135 cm³/mol. The molecular formula is C27H33N3O2S. The number of benzene rings is 2. The van der Waals surface area contributed by atoms with Gasteiger partial charge in [-0.25, -0.2) is 4.98 Å². The maximum Gasteiger partial charge on any atom is 0.253 e. The Morgan fingerprint density at radius 1 is 1.03 bits per heavy atom. The number of hydrogen-bond acceptors (Lipinski definition) is 4. The Labute approximate surface area is 200 Å². The highest BCUT2D eigenvalue weighted by Gasteiger charge is 2.29. The van der Waals surface area contributed by atoms with Crippen molar-refractivity contribution in [2.75, 3.05) is 19.6 Å². The Morgan fingerprint density at radius 3 is 2.48 bits per heavy atom. The number of piperidine rings is 1. The van der Waals surface area contributed by atoms with Gasteiger partial charge in [-0.15, -0.1) is 11.3 Å². The highest BCUT2D eigenvalue weighted by Crippen LogP contribution is 2.24. The topological polar surface area (TPSA) is 53.5 Å². The van der Waals surface area contributed by atoms with Crippen LogP contribution in [-0.4, -0.2) is 52.3 Å². The summed E-state index contributed by atoms with van der Waals surface area (Å²) in [5.74, 6) is 0.353. The highest BCUT2D eigenvalue weighted by atomic mass is 32.1. The molecule has 1 aliphatic rings. The maximum absolute atomic E-state index is 13.1. The van der Waals surface area contributed by atoms with Gasteiger partial charge in [0, 0.05) is 37.7 Å². The Balaban J connectivity index is 1.24. The number of amides is 2. The number of fused-ring (bicyclic) bond motifs is 1. The normalized spacial score (nSPS) is 14.5. The second-order valence-corrected chi connectivity index (χ2v) is 9.87. The lowest BCUT2D eigenvalue weighted by Gasteiger charge is -2.38. The lowest BCUT2D eigenvalue weighted by Crippen LogP contribution is -2.49. The van der Waals surface area contributed by atoms with Crippen LogP contribution in [0.4, 0.5) is 0 Å². The van der Waals surface area contributed by atoms with Gasteiger partial charge < -0.3 is 9.80 Å². The summed E-state index contributed by atoms with van der Waals surface area (Å²) >= 11 is 1.76. The van der Waals surface area contributed by atoms with Gasteiger partial charge >= 0.3 is 0 Å². The lowest BCUT2D eigenvalue weighted by molar-refractivity contribution is -0.134. The third kappa shape index (κ3) is 5.99. The smallest absolute Gasteiger partial charge is 0.253 e. The fraction of sp³-hybridized carbons (Fsp3) is 0.444. The molecule has 4 rings (SSSR count). The number of carbonyl (C=O) groups excluding carboxylic acids is 2. The van der Waals surface area contributed by atoms with E-state index in [-0.39, 0.29) is 17.9 Å². The van der Waals surface area contributed by atoms with Crippen molar-refractivity contribution in [1.29, 1.82) is 0 Å². The summed E-state index contributed by atoms with van der Waals surface area (Å²) in [6.45, 7) is 4.35. The molecule has 1 aliphatic heterocycles. The molecule has 3 aromatic rings. The second kappa shape index (κ2) is 11.4. The minimum absolute atomic E-state index is 0.0947. The van der Waals surface area contributed by atoms with Crippen molar-refractivity contribution < 1.29 is 9.59 Å². The van der Waals surface area contributed by atoms with Crippen LogP contribution in [-0.2, 0) is 11.2 Å². The monoisotopic (exact) mass is 463 g/mol. The van der Waals surface area contributed by atoms with Gasteiger partial charge in [0.2, 0.25) is 5.91 Å². The molecule has 1 fully saturated rings. The molecule has 1 aromatic heterocycles. The fourth-order valence-electron chi connectivity index (χ4n) is 4.62. The number of carbonyl (C=O) groups is 2. The number of likely N-dealkylation sites (tertiary alicyclic amines) is 1. The van der Waals surface area contributed by atoms with Gasteiger partial charge in [-0.1, -0.05) is 37.3 Å². The molecule has 2 aromatic carbocycles. The molecule has 6 heteroatoms. The number of unbranched alkanes of at least 4 members (excludes halogenated alkanes) is 1. The molecule has 0 saturated carbocycles. The number of aryl methyl sites for hydroxylation is 1. The molecule has 174 valence electrons. The van der Waals surface area contributed by atoms with E-state index in [0.717, 1.165) is 61.2 Å². The van der Waals surface area contributed by atoms with Gasteiger partial charge in [-0.2, -0.15) is 0 Å². The molecule has 0 radical (unpaired) electrons. The van der Waals surface area contributed by atoms with Gasteiger partial charge in [-0.05, 0) is 62.8 Å². The van der Waals surface area contributed by atoms with E-state index in [4.69, 9.17) is 4.98 Å². The van der Waals surface area contributed by atoms with Gasteiger partial charge in [0.15, 0.2) is 0 Å². The summed E-state index contributed by atoms with van der Waals surface area (Å²) < 4.78 is 1.23. The van der Waals surface area contributed by atoms with Crippen LogP contribution in [0, 0.1) is 0 Å². The van der Waals surface area contributed by atoms with E-state index in [2.05, 4.69) is 24.0 Å². The molecule has 2 heterocycles. The number of aromatic nitrogens is 1. The van der Waals surface area contributed by atoms with Gasteiger partial charge in [-0.3, -0.25) is 9.59 Å². The first-order chi connectivity index (χ1) is 16.2.